The van der Waals surface area contributed by atoms with Crippen LogP contribution >= 0.6 is 0 Å². The second kappa shape index (κ2) is 6.60. The molecule has 1 N–H and O–H groups in total. The van der Waals surface area contributed by atoms with Crippen LogP contribution in [0, 0.1) is 0 Å². The van der Waals surface area contributed by atoms with E-state index in [1.807, 2.05) is 24.3 Å². The number of para-hydroxylation sites is 1. The first-order valence-corrected chi connectivity index (χ1v) is 7.47. The number of carbonyl (C=O) groups excluding carboxylic acids is 1. The van der Waals surface area contributed by atoms with E-state index in [1.54, 1.807) is 32.4 Å². The van der Waals surface area contributed by atoms with Gasteiger partial charge < -0.3 is 19.5 Å². The highest BCUT2D eigenvalue weighted by Crippen LogP contribution is 2.32. The van der Waals surface area contributed by atoms with Crippen molar-refractivity contribution in [1.29, 1.82) is 0 Å². The molecule has 2 aromatic carbocycles. The van der Waals surface area contributed by atoms with Gasteiger partial charge in [-0.3, -0.25) is 4.79 Å². The molecule has 1 heterocycles. The second-order valence-electron chi connectivity index (χ2n) is 5.27. The van der Waals surface area contributed by atoms with Crippen LogP contribution in [0.5, 0.6) is 17.2 Å². The Bertz CT molecular complexity index is 714. The van der Waals surface area contributed by atoms with Crippen molar-refractivity contribution >= 4 is 5.91 Å². The topological polar surface area (TPSA) is 56.8 Å². The first-order chi connectivity index (χ1) is 11.2. The summed E-state index contributed by atoms with van der Waals surface area (Å²) in [5, 5.41) is 3.06. The highest BCUT2D eigenvalue weighted by molar-refractivity contribution is 5.95. The summed E-state index contributed by atoms with van der Waals surface area (Å²) in [6.07, 6.45) is 0.746. The Labute approximate surface area is 135 Å². The molecule has 1 atom stereocenters. The van der Waals surface area contributed by atoms with Gasteiger partial charge in [-0.05, 0) is 24.3 Å². The molecule has 0 saturated carbocycles. The Morgan fingerprint density at radius 2 is 1.91 bits per heavy atom. The van der Waals surface area contributed by atoms with Crippen molar-refractivity contribution in [2.75, 3.05) is 20.8 Å². The highest BCUT2D eigenvalue weighted by Gasteiger charge is 2.23. The van der Waals surface area contributed by atoms with E-state index in [-0.39, 0.29) is 11.9 Å². The number of rotatable bonds is 4. The van der Waals surface area contributed by atoms with Crippen LogP contribution in [-0.4, -0.2) is 26.7 Å². The number of ether oxygens (including phenoxy) is 3. The summed E-state index contributed by atoms with van der Waals surface area (Å²) in [5.41, 5.74) is 1.54. The van der Waals surface area contributed by atoms with Crippen LogP contribution in [0.2, 0.25) is 0 Å². The molecule has 1 aliphatic heterocycles. The summed E-state index contributed by atoms with van der Waals surface area (Å²) >= 11 is 0. The van der Waals surface area contributed by atoms with Crippen molar-refractivity contribution in [1.82, 2.24) is 5.32 Å². The number of fused-ring (bicyclic) bond motifs is 1. The number of hydrogen-bond donors (Lipinski definition) is 1. The van der Waals surface area contributed by atoms with E-state index in [9.17, 15) is 4.79 Å². The average Bonchev–Trinajstić information content (AvgIpc) is 2.61. The Morgan fingerprint density at radius 3 is 2.70 bits per heavy atom. The third kappa shape index (κ3) is 3.08. The average molecular weight is 313 g/mol. The Morgan fingerprint density at radius 1 is 1.13 bits per heavy atom. The van der Waals surface area contributed by atoms with Crippen molar-refractivity contribution in [3.05, 3.63) is 53.6 Å². The SMILES string of the molecule is COc1ccc(C(=O)N[C@@H]2CCOc3ccccc32)cc1OC. The lowest BCUT2D eigenvalue weighted by atomic mass is 10.00. The summed E-state index contributed by atoms with van der Waals surface area (Å²) in [6, 6.07) is 12.9. The number of methoxy groups -OCH3 is 2. The molecule has 2 aromatic rings. The molecule has 1 amide bonds. The normalized spacial score (nSPS) is 16.0. The van der Waals surface area contributed by atoms with Crippen LogP contribution in [0.1, 0.15) is 28.4 Å². The monoisotopic (exact) mass is 313 g/mol. The molecule has 3 rings (SSSR count). The fourth-order valence-corrected chi connectivity index (χ4v) is 2.71. The fraction of sp³-hybridized carbons (Fsp3) is 0.278. The van der Waals surface area contributed by atoms with Gasteiger partial charge >= 0.3 is 0 Å². The third-order valence-corrected chi connectivity index (χ3v) is 3.91. The third-order valence-electron chi connectivity index (χ3n) is 3.91. The lowest BCUT2D eigenvalue weighted by molar-refractivity contribution is 0.0924. The van der Waals surface area contributed by atoms with Crippen molar-refractivity contribution in [3.8, 4) is 17.2 Å². The van der Waals surface area contributed by atoms with Gasteiger partial charge in [0, 0.05) is 17.5 Å². The van der Waals surface area contributed by atoms with E-state index in [1.165, 1.54) is 0 Å². The summed E-state index contributed by atoms with van der Waals surface area (Å²) in [5.74, 6) is 1.82. The van der Waals surface area contributed by atoms with Gasteiger partial charge in [-0.15, -0.1) is 0 Å². The zero-order valence-corrected chi connectivity index (χ0v) is 13.2. The minimum Gasteiger partial charge on any atom is -0.493 e. The van der Waals surface area contributed by atoms with E-state index < -0.39 is 0 Å². The van der Waals surface area contributed by atoms with Gasteiger partial charge in [-0.25, -0.2) is 0 Å². The van der Waals surface area contributed by atoms with Crippen molar-refractivity contribution in [3.63, 3.8) is 0 Å². The lowest BCUT2D eigenvalue weighted by Gasteiger charge is -2.26. The van der Waals surface area contributed by atoms with Crippen molar-refractivity contribution < 1.29 is 19.0 Å². The first-order valence-electron chi connectivity index (χ1n) is 7.47. The molecule has 0 bridgehead atoms. The largest absolute Gasteiger partial charge is 0.493 e. The van der Waals surface area contributed by atoms with Crippen LogP contribution in [-0.2, 0) is 0 Å². The number of amides is 1. The van der Waals surface area contributed by atoms with Crippen molar-refractivity contribution in [2.24, 2.45) is 0 Å². The predicted octanol–water partition coefficient (Wildman–Crippen LogP) is 2.96. The standard InChI is InChI=1S/C18H19NO4/c1-21-16-8-7-12(11-17(16)22-2)18(20)19-14-9-10-23-15-6-4-3-5-13(14)15/h3-8,11,14H,9-10H2,1-2H3,(H,19,20)/t14-/m1/s1. The molecule has 0 radical (unpaired) electrons. The minimum atomic E-state index is -0.146. The van der Waals surface area contributed by atoms with Crippen LogP contribution in [0.3, 0.4) is 0 Å². The molecule has 0 fully saturated rings. The van der Waals surface area contributed by atoms with Gasteiger partial charge in [0.2, 0.25) is 0 Å². The molecule has 0 unspecified atom stereocenters. The minimum absolute atomic E-state index is 0.0550. The quantitative estimate of drug-likeness (QED) is 0.943. The molecular weight excluding hydrogens is 294 g/mol. The molecular formula is C18H19NO4. The van der Waals surface area contributed by atoms with Gasteiger partial charge in [-0.2, -0.15) is 0 Å². The molecule has 5 nitrogen and oxygen atoms in total. The smallest absolute Gasteiger partial charge is 0.251 e. The maximum atomic E-state index is 12.5. The number of nitrogens with one attached hydrogen (secondary N) is 1. The van der Waals surface area contributed by atoms with Gasteiger partial charge in [0.25, 0.3) is 5.91 Å². The Hall–Kier alpha value is -2.69. The van der Waals surface area contributed by atoms with Crippen LogP contribution in [0.15, 0.2) is 42.5 Å². The molecule has 5 heteroatoms. The number of carbonyl (C=O) groups is 1. The maximum absolute atomic E-state index is 12.5. The van der Waals surface area contributed by atoms with Crippen molar-refractivity contribution in [2.45, 2.75) is 12.5 Å². The van der Waals surface area contributed by atoms with Gasteiger partial charge in [0.1, 0.15) is 5.75 Å². The van der Waals surface area contributed by atoms with E-state index in [0.29, 0.717) is 23.7 Å². The zero-order valence-electron chi connectivity index (χ0n) is 13.2. The van der Waals surface area contributed by atoms with Gasteiger partial charge in [-0.1, -0.05) is 18.2 Å². The van der Waals surface area contributed by atoms with Gasteiger partial charge in [0.05, 0.1) is 26.9 Å². The highest BCUT2D eigenvalue weighted by atomic mass is 16.5. The summed E-state index contributed by atoms with van der Waals surface area (Å²) in [6.45, 7) is 0.591. The summed E-state index contributed by atoms with van der Waals surface area (Å²) in [4.78, 5) is 12.5. The van der Waals surface area contributed by atoms with Gasteiger partial charge in [0.15, 0.2) is 11.5 Å². The first kappa shape index (κ1) is 15.2. The zero-order chi connectivity index (χ0) is 16.2. The maximum Gasteiger partial charge on any atom is 0.251 e. The van der Waals surface area contributed by atoms with E-state index in [2.05, 4.69) is 5.32 Å². The molecule has 23 heavy (non-hydrogen) atoms. The molecule has 0 saturated heterocycles. The number of hydrogen-bond acceptors (Lipinski definition) is 4. The predicted molar refractivity (Wildman–Crippen MR) is 86.3 cm³/mol. The fourth-order valence-electron chi connectivity index (χ4n) is 2.71. The lowest BCUT2D eigenvalue weighted by Crippen LogP contribution is -2.32. The number of benzene rings is 2. The molecule has 1 aliphatic rings. The molecule has 0 aromatic heterocycles. The van der Waals surface area contributed by atoms with E-state index >= 15 is 0 Å². The van der Waals surface area contributed by atoms with E-state index in [0.717, 1.165) is 17.7 Å². The van der Waals surface area contributed by atoms with Crippen LogP contribution < -0.4 is 19.5 Å². The van der Waals surface area contributed by atoms with E-state index in [4.69, 9.17) is 14.2 Å². The molecule has 120 valence electrons. The Balaban J connectivity index is 1.80. The Kier molecular flexibility index (Phi) is 4.37. The summed E-state index contributed by atoms with van der Waals surface area (Å²) in [7, 11) is 3.12. The molecule has 0 spiro atoms. The van der Waals surface area contributed by atoms with Crippen LogP contribution in [0.4, 0.5) is 0 Å². The summed E-state index contributed by atoms with van der Waals surface area (Å²) < 4.78 is 16.1. The second-order valence-corrected chi connectivity index (χ2v) is 5.27. The van der Waals surface area contributed by atoms with Crippen LogP contribution in [0.25, 0.3) is 0 Å². The molecule has 0 aliphatic carbocycles.